The van der Waals surface area contributed by atoms with Gasteiger partial charge in [-0.05, 0) is 37.5 Å². The molecule has 180 valence electrons. The molecule has 1 N–H and O–H groups in total. The summed E-state index contributed by atoms with van der Waals surface area (Å²) in [7, 11) is 0. The summed E-state index contributed by atoms with van der Waals surface area (Å²) in [6.45, 7) is 4.82. The first-order valence-electron chi connectivity index (χ1n) is 12.6. The number of rotatable bonds is 5. The monoisotopic (exact) mass is 475 g/mol. The van der Waals surface area contributed by atoms with Gasteiger partial charge >= 0.3 is 0 Å². The maximum absolute atomic E-state index is 12.3. The van der Waals surface area contributed by atoms with E-state index in [4.69, 9.17) is 0 Å². The second-order valence-corrected chi connectivity index (χ2v) is 9.59. The predicted molar refractivity (Wildman–Crippen MR) is 144 cm³/mol. The molecule has 0 amide bonds. The third-order valence-electron chi connectivity index (χ3n) is 7.21. The second-order valence-electron chi connectivity index (χ2n) is 9.59. The maximum atomic E-state index is 12.3. The molecule has 36 heavy (non-hydrogen) atoms. The number of H-pyrrole nitrogens is 1. The minimum Gasteiger partial charge on any atom is -0.327 e. The van der Waals surface area contributed by atoms with Crippen LogP contribution in [0, 0.1) is 6.92 Å². The fourth-order valence-corrected chi connectivity index (χ4v) is 5.21. The molecule has 6 nitrogen and oxygen atoms in total. The molecule has 2 aromatic heterocycles. The summed E-state index contributed by atoms with van der Waals surface area (Å²) in [5.74, 6) is 0. The molecule has 3 aromatic carbocycles. The van der Waals surface area contributed by atoms with Crippen LogP contribution in [0.4, 0.5) is 0 Å². The third-order valence-corrected chi connectivity index (χ3v) is 7.21. The van der Waals surface area contributed by atoms with E-state index in [0.717, 1.165) is 60.5 Å². The van der Waals surface area contributed by atoms with Crippen LogP contribution in [0.5, 0.6) is 0 Å². The molecule has 1 aliphatic rings. The second kappa shape index (κ2) is 9.55. The maximum Gasteiger partial charge on any atom is 0.269 e. The van der Waals surface area contributed by atoms with Gasteiger partial charge in [0.05, 0.1) is 28.7 Å². The van der Waals surface area contributed by atoms with E-state index in [-0.39, 0.29) is 5.56 Å². The van der Waals surface area contributed by atoms with Crippen LogP contribution in [0.15, 0.2) is 90.0 Å². The Balaban J connectivity index is 1.16. The Kier molecular flexibility index (Phi) is 5.95. The van der Waals surface area contributed by atoms with Crippen LogP contribution in [0.25, 0.3) is 33.5 Å². The number of likely N-dealkylation sites (tertiary alicyclic amines) is 1. The highest BCUT2D eigenvalue weighted by Gasteiger charge is 2.22. The van der Waals surface area contributed by atoms with E-state index in [1.165, 1.54) is 11.1 Å². The van der Waals surface area contributed by atoms with E-state index in [2.05, 4.69) is 66.9 Å². The first-order valence-corrected chi connectivity index (χ1v) is 12.6. The topological polar surface area (TPSA) is 66.8 Å². The van der Waals surface area contributed by atoms with Crippen molar-refractivity contribution in [3.05, 3.63) is 107 Å². The van der Waals surface area contributed by atoms with E-state index in [1.54, 1.807) is 6.92 Å². The fourth-order valence-electron chi connectivity index (χ4n) is 5.21. The lowest BCUT2D eigenvalue weighted by Gasteiger charge is -2.33. The van der Waals surface area contributed by atoms with Crippen LogP contribution in [0.1, 0.15) is 30.1 Å². The van der Waals surface area contributed by atoms with Gasteiger partial charge < -0.3 is 9.55 Å². The minimum absolute atomic E-state index is 0.152. The molecule has 0 saturated carbocycles. The molecule has 0 bridgehead atoms. The zero-order valence-electron chi connectivity index (χ0n) is 20.4. The van der Waals surface area contributed by atoms with Gasteiger partial charge in [-0.1, -0.05) is 66.7 Å². The van der Waals surface area contributed by atoms with Gasteiger partial charge in [-0.3, -0.25) is 9.69 Å². The summed E-state index contributed by atoms with van der Waals surface area (Å²) in [5.41, 5.74) is 7.43. The van der Waals surface area contributed by atoms with E-state index in [1.807, 2.05) is 42.7 Å². The van der Waals surface area contributed by atoms with Gasteiger partial charge in [0, 0.05) is 36.8 Å². The van der Waals surface area contributed by atoms with Crippen molar-refractivity contribution in [3.63, 3.8) is 0 Å². The lowest BCUT2D eigenvalue weighted by atomic mass is 10.0. The molecule has 6 rings (SSSR count). The summed E-state index contributed by atoms with van der Waals surface area (Å²) < 4.78 is 2.35. The normalized spacial score (nSPS) is 14.9. The first-order chi connectivity index (χ1) is 17.7. The number of aryl methyl sites for hydroxylation is 1. The fraction of sp³-hybridized carbons (Fsp3) is 0.233. The SMILES string of the molecule is Cc1nc(-c2ccc(CN3CCC(n4cnc5ccccc54)CC3)cc2)c(-c2ccccc2)[nH]c1=O. The molecule has 0 spiro atoms. The average Bonchev–Trinajstić information content (AvgIpc) is 3.36. The van der Waals surface area contributed by atoms with Crippen molar-refractivity contribution >= 4 is 11.0 Å². The van der Waals surface area contributed by atoms with Gasteiger partial charge in [-0.2, -0.15) is 0 Å². The van der Waals surface area contributed by atoms with Gasteiger partial charge in [-0.15, -0.1) is 0 Å². The molecule has 1 fully saturated rings. The van der Waals surface area contributed by atoms with Crippen LogP contribution in [0.3, 0.4) is 0 Å². The zero-order chi connectivity index (χ0) is 24.5. The van der Waals surface area contributed by atoms with Crippen molar-refractivity contribution < 1.29 is 0 Å². The molecule has 1 saturated heterocycles. The Bertz CT molecular complexity index is 1540. The van der Waals surface area contributed by atoms with E-state index in [0.29, 0.717) is 11.7 Å². The minimum atomic E-state index is -0.152. The number of aromatic nitrogens is 4. The standard InChI is InChI=1S/C30H29N5O/c1-21-30(36)33-29(23-7-3-2-4-8-23)28(32-21)24-13-11-22(12-14-24)19-34-17-15-25(16-18-34)35-20-31-26-9-5-6-10-27(26)35/h2-14,20,25H,15-19H2,1H3,(H,33,36). The highest BCUT2D eigenvalue weighted by atomic mass is 16.1. The number of hydrogen-bond acceptors (Lipinski definition) is 4. The molecule has 1 aliphatic heterocycles. The number of hydrogen-bond donors (Lipinski definition) is 1. The zero-order valence-corrected chi connectivity index (χ0v) is 20.4. The van der Waals surface area contributed by atoms with Gasteiger partial charge in [0.25, 0.3) is 5.56 Å². The summed E-state index contributed by atoms with van der Waals surface area (Å²) in [6.07, 6.45) is 4.25. The highest BCUT2D eigenvalue weighted by Crippen LogP contribution is 2.30. The van der Waals surface area contributed by atoms with Crippen molar-refractivity contribution in [2.75, 3.05) is 13.1 Å². The number of nitrogens with one attached hydrogen (secondary N) is 1. The average molecular weight is 476 g/mol. The quantitative estimate of drug-likeness (QED) is 0.359. The Hall–Kier alpha value is -4.03. The number of para-hydroxylation sites is 2. The largest absolute Gasteiger partial charge is 0.327 e. The van der Waals surface area contributed by atoms with Gasteiger partial charge in [0.1, 0.15) is 5.69 Å². The molecule has 0 aliphatic carbocycles. The Morgan fingerprint density at radius 2 is 1.61 bits per heavy atom. The number of imidazole rings is 1. The van der Waals surface area contributed by atoms with Gasteiger partial charge in [0.15, 0.2) is 0 Å². The number of benzene rings is 3. The molecule has 0 atom stereocenters. The van der Waals surface area contributed by atoms with Crippen molar-refractivity contribution in [2.45, 2.75) is 32.4 Å². The molecule has 0 radical (unpaired) electrons. The van der Waals surface area contributed by atoms with Crippen LogP contribution >= 0.6 is 0 Å². The van der Waals surface area contributed by atoms with Gasteiger partial charge in [0.2, 0.25) is 0 Å². The Morgan fingerprint density at radius 3 is 2.39 bits per heavy atom. The van der Waals surface area contributed by atoms with E-state index >= 15 is 0 Å². The molecule has 0 unspecified atom stereocenters. The summed E-state index contributed by atoms with van der Waals surface area (Å²) in [4.78, 5) is 27.1. The van der Waals surface area contributed by atoms with Crippen LogP contribution < -0.4 is 5.56 Å². The van der Waals surface area contributed by atoms with Crippen molar-refractivity contribution in [1.29, 1.82) is 0 Å². The molecule has 5 aromatic rings. The Labute approximate surface area is 210 Å². The van der Waals surface area contributed by atoms with E-state index in [9.17, 15) is 4.79 Å². The number of aromatic amines is 1. The number of piperidine rings is 1. The van der Waals surface area contributed by atoms with E-state index < -0.39 is 0 Å². The highest BCUT2D eigenvalue weighted by molar-refractivity contribution is 5.78. The van der Waals surface area contributed by atoms with Crippen LogP contribution in [0.2, 0.25) is 0 Å². The lowest BCUT2D eigenvalue weighted by Crippen LogP contribution is -2.34. The molecular weight excluding hydrogens is 446 g/mol. The van der Waals surface area contributed by atoms with Crippen LogP contribution in [-0.2, 0) is 6.54 Å². The summed E-state index contributed by atoms with van der Waals surface area (Å²) in [6, 6.07) is 27.4. The molecule has 3 heterocycles. The molecule has 6 heteroatoms. The summed E-state index contributed by atoms with van der Waals surface area (Å²) >= 11 is 0. The molecular formula is C30H29N5O. The number of nitrogens with zero attached hydrogens (tertiary/aromatic N) is 4. The third kappa shape index (κ3) is 4.36. The Morgan fingerprint density at radius 1 is 0.889 bits per heavy atom. The number of fused-ring (bicyclic) bond motifs is 1. The van der Waals surface area contributed by atoms with Crippen LogP contribution in [-0.4, -0.2) is 37.5 Å². The predicted octanol–water partition coefficient (Wildman–Crippen LogP) is 5.60. The smallest absolute Gasteiger partial charge is 0.269 e. The first kappa shape index (κ1) is 22.4. The van der Waals surface area contributed by atoms with Crippen molar-refractivity contribution in [1.82, 2.24) is 24.4 Å². The van der Waals surface area contributed by atoms with Crippen molar-refractivity contribution in [2.24, 2.45) is 0 Å². The lowest BCUT2D eigenvalue weighted by molar-refractivity contribution is 0.181. The van der Waals surface area contributed by atoms with Gasteiger partial charge in [-0.25, -0.2) is 9.97 Å². The van der Waals surface area contributed by atoms with Crippen molar-refractivity contribution in [3.8, 4) is 22.5 Å². The summed E-state index contributed by atoms with van der Waals surface area (Å²) in [5, 5.41) is 0.